The van der Waals surface area contributed by atoms with Crippen molar-refractivity contribution in [2.75, 3.05) is 5.32 Å². The lowest BCUT2D eigenvalue weighted by Crippen LogP contribution is -2.24. The van der Waals surface area contributed by atoms with E-state index in [-0.39, 0.29) is 16.7 Å². The van der Waals surface area contributed by atoms with Crippen molar-refractivity contribution in [3.05, 3.63) is 51.9 Å². The van der Waals surface area contributed by atoms with E-state index in [9.17, 15) is 9.59 Å². The fraction of sp³-hybridized carbons (Fsp3) is 0.450. The number of hydrogen-bond donors (Lipinski definition) is 2. The Hall–Kier alpha value is -2.08. The van der Waals surface area contributed by atoms with E-state index < -0.39 is 0 Å². The molecule has 0 radical (unpaired) electrons. The second kappa shape index (κ2) is 9.57. The minimum Gasteiger partial charge on any atom is -0.325 e. The summed E-state index contributed by atoms with van der Waals surface area (Å²) >= 11 is 1.27. The number of para-hydroxylation sites is 1. The Morgan fingerprint density at radius 2 is 2.00 bits per heavy atom. The molecule has 1 heterocycles. The van der Waals surface area contributed by atoms with Gasteiger partial charge in [-0.1, -0.05) is 57.2 Å². The lowest BCUT2D eigenvalue weighted by Gasteiger charge is -2.17. The molecule has 0 saturated heterocycles. The summed E-state index contributed by atoms with van der Waals surface area (Å²) in [7, 11) is 0. The van der Waals surface area contributed by atoms with E-state index in [4.69, 9.17) is 0 Å². The molecule has 2 atom stereocenters. The first-order valence-corrected chi connectivity index (χ1v) is 9.99. The van der Waals surface area contributed by atoms with Crippen molar-refractivity contribution in [1.29, 1.82) is 0 Å². The first-order chi connectivity index (χ1) is 12.4. The van der Waals surface area contributed by atoms with Gasteiger partial charge in [0, 0.05) is 17.4 Å². The summed E-state index contributed by atoms with van der Waals surface area (Å²) in [6, 6.07) is 9.41. The van der Waals surface area contributed by atoms with Crippen molar-refractivity contribution >= 4 is 23.4 Å². The number of benzene rings is 1. The van der Waals surface area contributed by atoms with E-state index in [1.807, 2.05) is 32.0 Å². The van der Waals surface area contributed by atoms with E-state index in [1.54, 1.807) is 0 Å². The lowest BCUT2D eigenvalue weighted by molar-refractivity contribution is -0.115. The molecule has 0 bridgehead atoms. The van der Waals surface area contributed by atoms with Crippen LogP contribution in [0.5, 0.6) is 0 Å². The number of anilines is 1. The van der Waals surface area contributed by atoms with E-state index in [0.717, 1.165) is 36.2 Å². The average Bonchev–Trinajstić information content (AvgIpc) is 2.61. The van der Waals surface area contributed by atoms with Gasteiger partial charge >= 0.3 is 0 Å². The first-order valence-electron chi connectivity index (χ1n) is 9.11. The van der Waals surface area contributed by atoms with Gasteiger partial charge in [0.05, 0.1) is 5.25 Å². The fourth-order valence-electron chi connectivity index (χ4n) is 2.64. The third kappa shape index (κ3) is 5.46. The van der Waals surface area contributed by atoms with Crippen LogP contribution < -0.4 is 10.9 Å². The summed E-state index contributed by atoms with van der Waals surface area (Å²) in [4.78, 5) is 31.5. The molecule has 1 aromatic carbocycles. The molecule has 0 aliphatic carbocycles. The van der Waals surface area contributed by atoms with Gasteiger partial charge < -0.3 is 10.3 Å². The number of carbonyl (C=O) groups is 1. The third-order valence-electron chi connectivity index (χ3n) is 4.30. The molecule has 0 unspecified atom stereocenters. The minimum atomic E-state index is -0.375. The molecule has 0 aliphatic rings. The highest BCUT2D eigenvalue weighted by molar-refractivity contribution is 8.00. The SMILES string of the molecule is CCCc1cc(=O)[nH]c(S[C@@H](C)C(=O)Nc2ccccc2[C@@H](C)CC)n1. The predicted molar refractivity (Wildman–Crippen MR) is 108 cm³/mol. The van der Waals surface area contributed by atoms with Gasteiger partial charge in [0.2, 0.25) is 5.91 Å². The molecule has 2 aromatic rings. The molecule has 2 rings (SSSR count). The van der Waals surface area contributed by atoms with Gasteiger partial charge in [-0.15, -0.1) is 0 Å². The van der Waals surface area contributed by atoms with Crippen LogP contribution in [0, 0.1) is 0 Å². The zero-order valence-corrected chi connectivity index (χ0v) is 16.7. The average molecular weight is 374 g/mol. The molecule has 2 N–H and O–H groups in total. The number of nitrogens with one attached hydrogen (secondary N) is 2. The van der Waals surface area contributed by atoms with Crippen LogP contribution in [0.1, 0.15) is 57.7 Å². The Balaban J connectivity index is 2.10. The highest BCUT2D eigenvalue weighted by Crippen LogP contribution is 2.27. The van der Waals surface area contributed by atoms with Crippen LogP contribution in [0.15, 0.2) is 40.3 Å². The number of aromatic amines is 1. The number of carbonyl (C=O) groups excluding carboxylic acids is 1. The van der Waals surface area contributed by atoms with Crippen molar-refractivity contribution in [3.63, 3.8) is 0 Å². The molecule has 0 aliphatic heterocycles. The molecule has 6 heteroatoms. The standard InChI is InChI=1S/C20H27N3O2S/c1-5-9-15-12-18(24)23-20(21-15)26-14(4)19(25)22-17-11-8-7-10-16(17)13(3)6-2/h7-8,10-14H,5-6,9H2,1-4H3,(H,22,25)(H,21,23,24)/t13-,14-/m0/s1. The van der Waals surface area contributed by atoms with Crippen LogP contribution in [0.3, 0.4) is 0 Å². The molecule has 1 aromatic heterocycles. The number of nitrogens with zero attached hydrogens (tertiary/aromatic N) is 1. The molecule has 0 spiro atoms. The van der Waals surface area contributed by atoms with Crippen LogP contribution in [0.4, 0.5) is 5.69 Å². The van der Waals surface area contributed by atoms with Gasteiger partial charge in [-0.2, -0.15) is 0 Å². The predicted octanol–water partition coefficient (Wildman–Crippen LogP) is 4.36. The van der Waals surface area contributed by atoms with Gasteiger partial charge in [0.15, 0.2) is 5.16 Å². The highest BCUT2D eigenvalue weighted by atomic mass is 32.2. The molecule has 0 saturated carbocycles. The molecule has 140 valence electrons. The maximum atomic E-state index is 12.6. The van der Waals surface area contributed by atoms with Crippen LogP contribution in [0.25, 0.3) is 0 Å². The topological polar surface area (TPSA) is 74.8 Å². The summed E-state index contributed by atoms with van der Waals surface area (Å²) in [6.45, 7) is 8.14. The maximum Gasteiger partial charge on any atom is 0.251 e. The van der Waals surface area contributed by atoms with Crippen molar-refractivity contribution < 1.29 is 4.79 Å². The number of hydrogen-bond acceptors (Lipinski definition) is 4. The van der Waals surface area contributed by atoms with E-state index in [0.29, 0.717) is 11.1 Å². The van der Waals surface area contributed by atoms with E-state index in [2.05, 4.69) is 35.2 Å². The van der Waals surface area contributed by atoms with Gasteiger partial charge in [-0.3, -0.25) is 9.59 Å². The fourth-order valence-corrected chi connectivity index (χ4v) is 3.47. The largest absolute Gasteiger partial charge is 0.325 e. The van der Waals surface area contributed by atoms with Crippen molar-refractivity contribution in [2.45, 2.75) is 63.3 Å². The van der Waals surface area contributed by atoms with Crippen LogP contribution in [-0.2, 0) is 11.2 Å². The van der Waals surface area contributed by atoms with E-state index in [1.165, 1.54) is 17.8 Å². The van der Waals surface area contributed by atoms with E-state index >= 15 is 0 Å². The number of amides is 1. The molecule has 5 nitrogen and oxygen atoms in total. The van der Waals surface area contributed by atoms with Crippen molar-refractivity contribution in [3.8, 4) is 0 Å². The number of aromatic nitrogens is 2. The Bertz CT molecular complexity index is 804. The third-order valence-corrected chi connectivity index (χ3v) is 5.28. The zero-order chi connectivity index (χ0) is 19.1. The normalized spacial score (nSPS) is 13.2. The molecule has 26 heavy (non-hydrogen) atoms. The maximum absolute atomic E-state index is 12.6. The molecular formula is C20H27N3O2S. The lowest BCUT2D eigenvalue weighted by atomic mass is 9.97. The Morgan fingerprint density at radius 3 is 2.69 bits per heavy atom. The molecule has 0 fully saturated rings. The number of thioether (sulfide) groups is 1. The molecular weight excluding hydrogens is 346 g/mol. The van der Waals surface area contributed by atoms with Crippen LogP contribution >= 0.6 is 11.8 Å². The first kappa shape index (κ1) is 20.2. The summed E-state index contributed by atoms with van der Waals surface area (Å²) in [5, 5.41) is 3.13. The monoisotopic (exact) mass is 373 g/mol. The van der Waals surface area contributed by atoms with Gasteiger partial charge in [-0.05, 0) is 37.3 Å². The number of rotatable bonds is 8. The summed E-state index contributed by atoms with van der Waals surface area (Å²) in [6.07, 6.45) is 2.68. The van der Waals surface area contributed by atoms with Gasteiger partial charge in [0.25, 0.3) is 5.56 Å². The second-order valence-electron chi connectivity index (χ2n) is 6.44. The Labute approximate surface area is 159 Å². The highest BCUT2D eigenvalue weighted by Gasteiger charge is 2.18. The summed E-state index contributed by atoms with van der Waals surface area (Å²) in [5.74, 6) is 0.271. The Morgan fingerprint density at radius 1 is 1.27 bits per heavy atom. The quantitative estimate of drug-likeness (QED) is 0.533. The van der Waals surface area contributed by atoms with Crippen molar-refractivity contribution in [2.24, 2.45) is 0 Å². The van der Waals surface area contributed by atoms with Gasteiger partial charge in [0.1, 0.15) is 0 Å². The second-order valence-corrected chi connectivity index (χ2v) is 7.77. The number of H-pyrrole nitrogens is 1. The van der Waals surface area contributed by atoms with Crippen LogP contribution in [0.2, 0.25) is 0 Å². The van der Waals surface area contributed by atoms with Gasteiger partial charge in [-0.25, -0.2) is 4.98 Å². The molecule has 1 amide bonds. The number of aryl methyl sites for hydroxylation is 1. The summed E-state index contributed by atoms with van der Waals surface area (Å²) < 4.78 is 0. The zero-order valence-electron chi connectivity index (χ0n) is 15.8. The summed E-state index contributed by atoms with van der Waals surface area (Å²) in [5.41, 5.74) is 2.56. The Kier molecular flexibility index (Phi) is 7.45. The van der Waals surface area contributed by atoms with Crippen LogP contribution in [-0.4, -0.2) is 21.1 Å². The van der Waals surface area contributed by atoms with Crippen molar-refractivity contribution in [1.82, 2.24) is 9.97 Å². The smallest absolute Gasteiger partial charge is 0.251 e. The minimum absolute atomic E-state index is 0.103.